The third-order valence-electron chi connectivity index (χ3n) is 5.20. The Hall–Kier alpha value is -2.61. The largest absolute Gasteiger partial charge is 0.355 e. The summed E-state index contributed by atoms with van der Waals surface area (Å²) in [5, 5.41) is 2.88. The monoisotopic (exact) mass is 387 g/mol. The number of benzene rings is 1. The molecule has 2 amide bonds. The smallest absolute Gasteiger partial charge is 0.329 e. The molecule has 1 saturated heterocycles. The van der Waals surface area contributed by atoms with Crippen LogP contribution in [0.4, 0.5) is 0 Å². The van der Waals surface area contributed by atoms with Gasteiger partial charge < -0.3 is 10.2 Å². The average Bonchev–Trinajstić information content (AvgIpc) is 2.98. The molecule has 0 saturated carbocycles. The lowest BCUT2D eigenvalue weighted by molar-refractivity contribution is -0.133. The lowest BCUT2D eigenvalue weighted by Gasteiger charge is -2.34. The second kappa shape index (κ2) is 9.05. The maximum absolute atomic E-state index is 12.8. The maximum atomic E-state index is 12.8. The van der Waals surface area contributed by atoms with E-state index >= 15 is 0 Å². The first-order chi connectivity index (χ1) is 13.5. The lowest BCUT2D eigenvalue weighted by atomic mass is 10.3. The molecular formula is C20H29N5O3. The van der Waals surface area contributed by atoms with Crippen molar-refractivity contribution in [2.24, 2.45) is 0 Å². The first kappa shape index (κ1) is 20.1. The van der Waals surface area contributed by atoms with Gasteiger partial charge in [0.2, 0.25) is 11.8 Å². The van der Waals surface area contributed by atoms with E-state index in [0.29, 0.717) is 45.8 Å². The molecule has 0 unspecified atom stereocenters. The van der Waals surface area contributed by atoms with Crippen molar-refractivity contribution in [1.82, 2.24) is 24.3 Å². The van der Waals surface area contributed by atoms with E-state index in [2.05, 4.69) is 10.2 Å². The van der Waals surface area contributed by atoms with Gasteiger partial charge in [-0.2, -0.15) is 0 Å². The van der Waals surface area contributed by atoms with Gasteiger partial charge in [0.25, 0.3) is 0 Å². The van der Waals surface area contributed by atoms with Gasteiger partial charge in [-0.25, -0.2) is 4.79 Å². The first-order valence-electron chi connectivity index (χ1n) is 10.00. The number of aromatic nitrogens is 2. The second-order valence-corrected chi connectivity index (χ2v) is 7.11. The molecule has 0 atom stereocenters. The molecule has 1 aromatic carbocycles. The summed E-state index contributed by atoms with van der Waals surface area (Å²) in [6.07, 6.45) is 0.918. The number of para-hydroxylation sites is 2. The molecule has 0 bridgehead atoms. The highest BCUT2D eigenvalue weighted by molar-refractivity contribution is 5.81. The first-order valence-corrected chi connectivity index (χ1v) is 10.00. The van der Waals surface area contributed by atoms with E-state index in [0.717, 1.165) is 17.5 Å². The Bertz CT molecular complexity index is 893. The minimum atomic E-state index is -0.150. The number of nitrogens with zero attached hydrogens (tertiary/aromatic N) is 4. The number of imidazole rings is 1. The molecule has 152 valence electrons. The number of nitrogens with one attached hydrogen (secondary N) is 1. The van der Waals surface area contributed by atoms with Crippen LogP contribution in [0.15, 0.2) is 29.1 Å². The van der Waals surface area contributed by atoms with Crippen LogP contribution in [-0.4, -0.2) is 70.0 Å². The number of carbonyl (C=O) groups excluding carboxylic acids is 2. The van der Waals surface area contributed by atoms with Gasteiger partial charge in [-0.3, -0.25) is 23.6 Å². The van der Waals surface area contributed by atoms with E-state index in [-0.39, 0.29) is 24.0 Å². The van der Waals surface area contributed by atoms with Gasteiger partial charge in [0.05, 0.1) is 17.6 Å². The third-order valence-corrected chi connectivity index (χ3v) is 5.20. The van der Waals surface area contributed by atoms with Gasteiger partial charge in [-0.15, -0.1) is 0 Å². The molecule has 1 aliphatic rings. The number of fused-ring (bicyclic) bond motifs is 1. The summed E-state index contributed by atoms with van der Waals surface area (Å²) in [6.45, 7) is 8.09. The Morgan fingerprint density at radius 1 is 0.964 bits per heavy atom. The van der Waals surface area contributed by atoms with E-state index in [1.807, 2.05) is 38.1 Å². The van der Waals surface area contributed by atoms with Gasteiger partial charge in [-0.1, -0.05) is 19.1 Å². The van der Waals surface area contributed by atoms with Crippen LogP contribution in [0.2, 0.25) is 0 Å². The topological polar surface area (TPSA) is 79.6 Å². The van der Waals surface area contributed by atoms with E-state index in [1.165, 1.54) is 0 Å². The van der Waals surface area contributed by atoms with Gasteiger partial charge in [0.1, 0.15) is 6.54 Å². The summed E-state index contributed by atoms with van der Waals surface area (Å²) >= 11 is 0. The molecule has 0 aliphatic carbocycles. The van der Waals surface area contributed by atoms with Crippen molar-refractivity contribution in [3.8, 4) is 0 Å². The van der Waals surface area contributed by atoms with Crippen LogP contribution >= 0.6 is 0 Å². The zero-order valence-electron chi connectivity index (χ0n) is 16.7. The predicted octanol–water partition coefficient (Wildman–Crippen LogP) is 0.493. The van der Waals surface area contributed by atoms with Crippen molar-refractivity contribution >= 4 is 22.8 Å². The number of aryl methyl sites for hydroxylation is 1. The number of hydrogen-bond acceptors (Lipinski definition) is 4. The zero-order chi connectivity index (χ0) is 20.1. The molecule has 2 aromatic rings. The van der Waals surface area contributed by atoms with E-state index in [1.54, 1.807) is 14.0 Å². The van der Waals surface area contributed by atoms with Gasteiger partial charge >= 0.3 is 5.69 Å². The van der Waals surface area contributed by atoms with E-state index in [4.69, 9.17) is 0 Å². The second-order valence-electron chi connectivity index (χ2n) is 7.11. The fourth-order valence-corrected chi connectivity index (χ4v) is 3.64. The number of rotatable bonds is 7. The number of piperazine rings is 1. The summed E-state index contributed by atoms with van der Waals surface area (Å²) in [5.74, 6) is -0.0308. The van der Waals surface area contributed by atoms with Gasteiger partial charge in [0.15, 0.2) is 0 Å². The van der Waals surface area contributed by atoms with Crippen molar-refractivity contribution in [2.75, 3.05) is 39.3 Å². The lowest BCUT2D eigenvalue weighted by Crippen LogP contribution is -2.52. The van der Waals surface area contributed by atoms with Crippen molar-refractivity contribution in [1.29, 1.82) is 0 Å². The van der Waals surface area contributed by atoms with E-state index in [9.17, 15) is 14.4 Å². The quantitative estimate of drug-likeness (QED) is 0.750. The van der Waals surface area contributed by atoms with Crippen LogP contribution in [0.25, 0.3) is 11.0 Å². The fraction of sp³-hybridized carbons (Fsp3) is 0.550. The molecule has 0 radical (unpaired) electrons. The van der Waals surface area contributed by atoms with Gasteiger partial charge in [0, 0.05) is 39.3 Å². The van der Waals surface area contributed by atoms with Crippen molar-refractivity contribution in [3.05, 3.63) is 34.7 Å². The number of carbonyl (C=O) groups is 2. The molecule has 28 heavy (non-hydrogen) atoms. The van der Waals surface area contributed by atoms with Crippen LogP contribution in [0.5, 0.6) is 0 Å². The van der Waals surface area contributed by atoms with Crippen LogP contribution < -0.4 is 11.0 Å². The summed E-state index contributed by atoms with van der Waals surface area (Å²) in [7, 11) is 0. The number of hydrogen-bond donors (Lipinski definition) is 1. The highest BCUT2D eigenvalue weighted by Gasteiger charge is 2.24. The fourth-order valence-electron chi connectivity index (χ4n) is 3.64. The average molecular weight is 387 g/mol. The third kappa shape index (κ3) is 4.27. The standard InChI is InChI=1S/C20H29N5O3/c1-3-9-21-18(26)14-22-10-12-23(13-11-22)19(27)15-25-17-8-6-5-7-16(17)24(4-2)20(25)28/h5-8H,3-4,9-15H2,1-2H3,(H,21,26). The molecule has 1 fully saturated rings. The molecular weight excluding hydrogens is 358 g/mol. The Morgan fingerprint density at radius 2 is 1.61 bits per heavy atom. The minimum Gasteiger partial charge on any atom is -0.355 e. The SMILES string of the molecule is CCCNC(=O)CN1CCN(C(=O)Cn2c(=O)n(CC)c3ccccc32)CC1. The Balaban J connectivity index is 1.61. The Morgan fingerprint density at radius 3 is 2.21 bits per heavy atom. The molecule has 8 heteroatoms. The van der Waals surface area contributed by atoms with Gasteiger partial charge in [-0.05, 0) is 25.5 Å². The van der Waals surface area contributed by atoms with Crippen molar-refractivity contribution in [3.63, 3.8) is 0 Å². The van der Waals surface area contributed by atoms with Crippen LogP contribution in [0, 0.1) is 0 Å². The predicted molar refractivity (Wildman–Crippen MR) is 108 cm³/mol. The summed E-state index contributed by atoms with van der Waals surface area (Å²) in [4.78, 5) is 41.2. The molecule has 1 aliphatic heterocycles. The summed E-state index contributed by atoms with van der Waals surface area (Å²) in [6, 6.07) is 7.56. The number of amides is 2. The summed E-state index contributed by atoms with van der Waals surface area (Å²) < 4.78 is 3.25. The molecule has 1 aromatic heterocycles. The molecule has 2 heterocycles. The molecule has 3 rings (SSSR count). The molecule has 0 spiro atoms. The highest BCUT2D eigenvalue weighted by atomic mass is 16.2. The van der Waals surface area contributed by atoms with Crippen LogP contribution in [-0.2, 0) is 22.7 Å². The maximum Gasteiger partial charge on any atom is 0.329 e. The van der Waals surface area contributed by atoms with Crippen molar-refractivity contribution < 1.29 is 9.59 Å². The van der Waals surface area contributed by atoms with Crippen LogP contribution in [0.3, 0.4) is 0 Å². The Kier molecular flexibility index (Phi) is 6.51. The molecule has 1 N–H and O–H groups in total. The Labute approximate surface area is 164 Å². The van der Waals surface area contributed by atoms with E-state index < -0.39 is 0 Å². The zero-order valence-corrected chi connectivity index (χ0v) is 16.7. The minimum absolute atomic E-state index is 0.0283. The van der Waals surface area contributed by atoms with Crippen LogP contribution in [0.1, 0.15) is 20.3 Å². The highest BCUT2D eigenvalue weighted by Crippen LogP contribution is 2.13. The van der Waals surface area contributed by atoms with Crippen molar-refractivity contribution in [2.45, 2.75) is 33.4 Å². The normalized spacial score (nSPS) is 15.1. The summed E-state index contributed by atoms with van der Waals surface area (Å²) in [5.41, 5.74) is 1.49. The molecule has 8 nitrogen and oxygen atoms in total.